The van der Waals surface area contributed by atoms with Crippen LogP contribution in [-0.2, 0) is 13.1 Å². The minimum absolute atomic E-state index is 0. The molecule has 0 aliphatic heterocycles. The van der Waals surface area contributed by atoms with Crippen LogP contribution in [0.4, 0.5) is 0 Å². The number of benzene rings is 1. The molecule has 1 saturated carbocycles. The highest BCUT2D eigenvalue weighted by Crippen LogP contribution is 2.25. The number of nitrogens with two attached hydrogens (primary N) is 1. The van der Waals surface area contributed by atoms with Crippen LogP contribution in [0.15, 0.2) is 47.7 Å². The van der Waals surface area contributed by atoms with E-state index in [-0.39, 0.29) is 24.0 Å². The predicted molar refractivity (Wildman–Crippen MR) is 99.3 cm³/mol. The van der Waals surface area contributed by atoms with Gasteiger partial charge in [0.15, 0.2) is 5.96 Å². The molecule has 6 heteroatoms. The molecular weight excluding hydrogens is 389 g/mol. The van der Waals surface area contributed by atoms with Crippen molar-refractivity contribution in [2.24, 2.45) is 10.7 Å². The second-order valence-electron chi connectivity index (χ2n) is 5.49. The number of nitrogens with zero attached hydrogens (tertiary/aromatic N) is 4. The van der Waals surface area contributed by atoms with Gasteiger partial charge in [-0.1, -0.05) is 24.3 Å². The van der Waals surface area contributed by atoms with Crippen LogP contribution in [0.1, 0.15) is 24.0 Å². The fraction of sp³-hybridized carbons (Fsp3) is 0.375. The molecule has 1 aliphatic rings. The van der Waals surface area contributed by atoms with Crippen LogP contribution in [-0.4, -0.2) is 33.7 Å². The van der Waals surface area contributed by atoms with Crippen LogP contribution in [0, 0.1) is 0 Å². The first-order chi connectivity index (χ1) is 10.2. The highest BCUT2D eigenvalue weighted by Gasteiger charge is 2.27. The van der Waals surface area contributed by atoms with Crippen molar-refractivity contribution in [2.75, 3.05) is 7.05 Å². The van der Waals surface area contributed by atoms with E-state index in [0.717, 1.165) is 6.54 Å². The van der Waals surface area contributed by atoms with E-state index in [1.54, 1.807) is 6.20 Å². The van der Waals surface area contributed by atoms with Crippen LogP contribution in [0.25, 0.3) is 0 Å². The average molecular weight is 411 g/mol. The number of hydrogen-bond donors (Lipinski definition) is 1. The number of rotatable bonds is 5. The molecular formula is C16H22IN5. The van der Waals surface area contributed by atoms with Crippen molar-refractivity contribution in [3.63, 3.8) is 0 Å². The van der Waals surface area contributed by atoms with Crippen molar-refractivity contribution in [3.05, 3.63) is 53.9 Å². The zero-order chi connectivity index (χ0) is 14.7. The standard InChI is InChI=1S/C16H21N5.HI/c1-20(15-7-8-15)16(17)18-11-13-5-2-3-6-14(13)12-21-10-4-9-19-21;/h2-6,9-10,15H,7-8,11-12H2,1H3,(H2,17,18);1H. The molecule has 1 aromatic heterocycles. The van der Waals surface area contributed by atoms with Crippen molar-refractivity contribution in [1.29, 1.82) is 0 Å². The number of aliphatic imine (C=N–C) groups is 1. The van der Waals surface area contributed by atoms with Crippen molar-refractivity contribution in [2.45, 2.75) is 32.0 Å². The Morgan fingerprint density at radius 3 is 2.68 bits per heavy atom. The lowest BCUT2D eigenvalue weighted by Gasteiger charge is -2.17. The van der Waals surface area contributed by atoms with E-state index in [1.807, 2.05) is 36.1 Å². The Hall–Kier alpha value is -1.57. The molecule has 0 spiro atoms. The van der Waals surface area contributed by atoms with E-state index in [0.29, 0.717) is 18.5 Å². The highest BCUT2D eigenvalue weighted by atomic mass is 127. The molecule has 118 valence electrons. The summed E-state index contributed by atoms with van der Waals surface area (Å²) in [7, 11) is 2.02. The first-order valence-corrected chi connectivity index (χ1v) is 7.31. The van der Waals surface area contributed by atoms with Gasteiger partial charge in [-0.2, -0.15) is 5.10 Å². The van der Waals surface area contributed by atoms with Crippen molar-refractivity contribution in [3.8, 4) is 0 Å². The maximum Gasteiger partial charge on any atom is 0.191 e. The fourth-order valence-electron chi connectivity index (χ4n) is 2.36. The van der Waals surface area contributed by atoms with Gasteiger partial charge in [0.05, 0.1) is 13.1 Å². The zero-order valence-corrected chi connectivity index (χ0v) is 15.1. The van der Waals surface area contributed by atoms with Gasteiger partial charge in [0, 0.05) is 25.5 Å². The Balaban J connectivity index is 0.00000176. The summed E-state index contributed by atoms with van der Waals surface area (Å²) in [4.78, 5) is 6.62. The SMILES string of the molecule is CN(C(N)=NCc1ccccc1Cn1cccn1)C1CC1.I. The van der Waals surface area contributed by atoms with Gasteiger partial charge in [0.25, 0.3) is 0 Å². The quantitative estimate of drug-likeness (QED) is 0.467. The molecule has 5 nitrogen and oxygen atoms in total. The molecule has 0 unspecified atom stereocenters. The van der Waals surface area contributed by atoms with E-state index in [9.17, 15) is 0 Å². The van der Waals surface area contributed by atoms with Crippen molar-refractivity contribution < 1.29 is 0 Å². The molecule has 0 radical (unpaired) electrons. The molecule has 0 amide bonds. The first-order valence-electron chi connectivity index (χ1n) is 7.31. The second kappa shape index (κ2) is 7.62. The van der Waals surface area contributed by atoms with Crippen LogP contribution < -0.4 is 5.73 Å². The molecule has 2 N–H and O–H groups in total. The van der Waals surface area contributed by atoms with Crippen molar-refractivity contribution in [1.82, 2.24) is 14.7 Å². The third-order valence-corrected chi connectivity index (χ3v) is 3.88. The summed E-state index contributed by atoms with van der Waals surface area (Å²) in [6, 6.07) is 10.8. The normalized spacial score (nSPS) is 14.5. The van der Waals surface area contributed by atoms with Gasteiger partial charge in [-0.25, -0.2) is 4.99 Å². The Labute approximate surface area is 148 Å². The fourth-order valence-corrected chi connectivity index (χ4v) is 2.36. The molecule has 1 aliphatic carbocycles. The highest BCUT2D eigenvalue weighted by molar-refractivity contribution is 14.0. The summed E-state index contributed by atoms with van der Waals surface area (Å²) >= 11 is 0. The van der Waals surface area contributed by atoms with Crippen LogP contribution in [0.2, 0.25) is 0 Å². The molecule has 2 aromatic rings. The lowest BCUT2D eigenvalue weighted by molar-refractivity contribution is 0.487. The smallest absolute Gasteiger partial charge is 0.191 e. The average Bonchev–Trinajstić information content (AvgIpc) is 3.23. The van der Waals surface area contributed by atoms with Gasteiger partial charge in [0.1, 0.15) is 0 Å². The summed E-state index contributed by atoms with van der Waals surface area (Å²) < 4.78 is 1.92. The lowest BCUT2D eigenvalue weighted by Crippen LogP contribution is -2.35. The Morgan fingerprint density at radius 2 is 2.05 bits per heavy atom. The van der Waals surface area contributed by atoms with Crippen molar-refractivity contribution >= 4 is 29.9 Å². The predicted octanol–water partition coefficient (Wildman–Crippen LogP) is 2.46. The van der Waals surface area contributed by atoms with Crippen LogP contribution >= 0.6 is 24.0 Å². The van der Waals surface area contributed by atoms with Crippen LogP contribution in [0.5, 0.6) is 0 Å². The van der Waals surface area contributed by atoms with Gasteiger partial charge in [-0.05, 0) is 30.0 Å². The summed E-state index contributed by atoms with van der Waals surface area (Å²) in [5, 5.41) is 4.26. The summed E-state index contributed by atoms with van der Waals surface area (Å²) in [6.45, 7) is 1.37. The van der Waals surface area contributed by atoms with Gasteiger partial charge in [-0.3, -0.25) is 4.68 Å². The van der Waals surface area contributed by atoms with E-state index in [2.05, 4.69) is 27.1 Å². The zero-order valence-electron chi connectivity index (χ0n) is 12.7. The number of hydrogen-bond acceptors (Lipinski definition) is 2. The Kier molecular flexibility index (Phi) is 5.82. The second-order valence-corrected chi connectivity index (χ2v) is 5.49. The van der Waals surface area contributed by atoms with Crippen LogP contribution in [0.3, 0.4) is 0 Å². The van der Waals surface area contributed by atoms with Gasteiger partial charge in [0.2, 0.25) is 0 Å². The lowest BCUT2D eigenvalue weighted by atomic mass is 10.1. The summed E-state index contributed by atoms with van der Waals surface area (Å²) in [5.41, 5.74) is 8.47. The topological polar surface area (TPSA) is 59.4 Å². The molecule has 3 rings (SSSR count). The number of aromatic nitrogens is 2. The van der Waals surface area contributed by atoms with E-state index in [1.165, 1.54) is 24.0 Å². The summed E-state index contributed by atoms with van der Waals surface area (Å²) in [5.74, 6) is 0.631. The largest absolute Gasteiger partial charge is 0.370 e. The minimum atomic E-state index is 0. The first kappa shape index (κ1) is 16.8. The molecule has 22 heavy (non-hydrogen) atoms. The third-order valence-electron chi connectivity index (χ3n) is 3.88. The number of halogens is 1. The Bertz CT molecular complexity index is 619. The van der Waals surface area contributed by atoms with Gasteiger partial charge in [-0.15, -0.1) is 24.0 Å². The molecule has 0 bridgehead atoms. The maximum absolute atomic E-state index is 6.05. The minimum Gasteiger partial charge on any atom is -0.370 e. The van der Waals surface area contributed by atoms with E-state index in [4.69, 9.17) is 5.73 Å². The van der Waals surface area contributed by atoms with Gasteiger partial charge < -0.3 is 10.6 Å². The van der Waals surface area contributed by atoms with E-state index < -0.39 is 0 Å². The molecule has 1 fully saturated rings. The maximum atomic E-state index is 6.05. The van der Waals surface area contributed by atoms with Gasteiger partial charge >= 0.3 is 0 Å². The summed E-state index contributed by atoms with van der Waals surface area (Å²) in [6.07, 6.45) is 6.21. The molecule has 0 atom stereocenters. The molecule has 0 saturated heterocycles. The Morgan fingerprint density at radius 1 is 1.32 bits per heavy atom. The van der Waals surface area contributed by atoms with E-state index >= 15 is 0 Å². The molecule has 1 heterocycles. The monoisotopic (exact) mass is 411 g/mol. The number of guanidine groups is 1. The third kappa shape index (κ3) is 4.22. The molecule has 1 aromatic carbocycles.